The van der Waals surface area contributed by atoms with Crippen LogP contribution in [0.4, 0.5) is 0 Å². The molecule has 2 N–H and O–H groups in total. The van der Waals surface area contributed by atoms with E-state index >= 15 is 0 Å². The summed E-state index contributed by atoms with van der Waals surface area (Å²) in [5.74, 6) is 0. The first kappa shape index (κ1) is 14.5. The van der Waals surface area contributed by atoms with Crippen LogP contribution in [0.2, 0.25) is 0 Å². The molecule has 1 aliphatic rings. The predicted octanol–water partition coefficient (Wildman–Crippen LogP) is 2.49. The Balaban J connectivity index is 2.04. The van der Waals surface area contributed by atoms with Gasteiger partial charge < -0.3 is 10.5 Å². The molecular formula is C16H26N2O. The summed E-state index contributed by atoms with van der Waals surface area (Å²) in [5.41, 5.74) is 8.93. The van der Waals surface area contributed by atoms with E-state index in [1.807, 2.05) is 0 Å². The van der Waals surface area contributed by atoms with Gasteiger partial charge in [-0.1, -0.05) is 29.8 Å². The molecule has 0 bridgehead atoms. The van der Waals surface area contributed by atoms with E-state index in [-0.39, 0.29) is 6.04 Å². The van der Waals surface area contributed by atoms with Crippen molar-refractivity contribution in [1.82, 2.24) is 4.90 Å². The molecule has 0 aromatic heterocycles. The van der Waals surface area contributed by atoms with Gasteiger partial charge in [0.05, 0.1) is 6.10 Å². The highest BCUT2D eigenvalue weighted by Gasteiger charge is 2.24. The maximum Gasteiger partial charge on any atom is 0.0674 e. The lowest BCUT2D eigenvalue weighted by Gasteiger charge is -2.33. The number of hydrogen-bond acceptors (Lipinski definition) is 3. The van der Waals surface area contributed by atoms with Crippen LogP contribution in [0.15, 0.2) is 24.3 Å². The summed E-state index contributed by atoms with van der Waals surface area (Å²) in [6.45, 7) is 9.38. The van der Waals surface area contributed by atoms with Crippen molar-refractivity contribution >= 4 is 0 Å². The van der Waals surface area contributed by atoms with Gasteiger partial charge in [0.25, 0.3) is 0 Å². The van der Waals surface area contributed by atoms with Gasteiger partial charge in [0.2, 0.25) is 0 Å². The molecule has 1 aromatic carbocycles. The summed E-state index contributed by atoms with van der Waals surface area (Å²) in [6, 6.07) is 8.96. The Morgan fingerprint density at radius 1 is 1.32 bits per heavy atom. The van der Waals surface area contributed by atoms with Crippen molar-refractivity contribution in [3.05, 3.63) is 35.4 Å². The summed E-state index contributed by atoms with van der Waals surface area (Å²) < 4.78 is 5.70. The molecule has 3 atom stereocenters. The molecule has 0 amide bonds. The van der Waals surface area contributed by atoms with Crippen molar-refractivity contribution in [2.45, 2.75) is 45.4 Å². The average molecular weight is 262 g/mol. The normalized spacial score (nSPS) is 24.7. The molecule has 1 heterocycles. The molecule has 1 aromatic rings. The van der Waals surface area contributed by atoms with Crippen LogP contribution in [0.5, 0.6) is 0 Å². The lowest BCUT2D eigenvalue weighted by Crippen LogP contribution is -2.43. The molecule has 2 rings (SSSR count). The van der Waals surface area contributed by atoms with Gasteiger partial charge in [0.1, 0.15) is 0 Å². The van der Waals surface area contributed by atoms with Gasteiger partial charge in [-0.3, -0.25) is 4.90 Å². The highest BCUT2D eigenvalue weighted by atomic mass is 16.5. The predicted molar refractivity (Wildman–Crippen MR) is 79.2 cm³/mol. The van der Waals surface area contributed by atoms with Gasteiger partial charge >= 0.3 is 0 Å². The monoisotopic (exact) mass is 262 g/mol. The smallest absolute Gasteiger partial charge is 0.0674 e. The van der Waals surface area contributed by atoms with Crippen molar-refractivity contribution in [3.63, 3.8) is 0 Å². The van der Waals surface area contributed by atoms with E-state index in [2.05, 4.69) is 49.9 Å². The molecule has 0 saturated carbocycles. The molecule has 0 aliphatic carbocycles. The third-order valence-corrected chi connectivity index (χ3v) is 4.04. The van der Waals surface area contributed by atoms with Gasteiger partial charge in [-0.25, -0.2) is 0 Å². The molecule has 0 spiro atoms. The molecule has 1 fully saturated rings. The zero-order chi connectivity index (χ0) is 13.8. The van der Waals surface area contributed by atoms with Gasteiger partial charge in [-0.05, 0) is 32.8 Å². The van der Waals surface area contributed by atoms with Crippen molar-refractivity contribution in [2.75, 3.05) is 19.7 Å². The Kier molecular flexibility index (Phi) is 4.97. The van der Waals surface area contributed by atoms with E-state index in [0.717, 1.165) is 26.1 Å². The third kappa shape index (κ3) is 3.78. The zero-order valence-corrected chi connectivity index (χ0v) is 12.3. The number of hydrogen-bond donors (Lipinski definition) is 1. The van der Waals surface area contributed by atoms with Gasteiger partial charge in [0.15, 0.2) is 0 Å². The number of nitrogens with zero attached hydrogens (tertiary/aromatic N) is 1. The van der Waals surface area contributed by atoms with Crippen LogP contribution < -0.4 is 5.73 Å². The fourth-order valence-corrected chi connectivity index (χ4v) is 2.69. The Hall–Kier alpha value is -0.900. The van der Waals surface area contributed by atoms with E-state index in [1.54, 1.807) is 0 Å². The molecule has 0 radical (unpaired) electrons. The van der Waals surface area contributed by atoms with Crippen LogP contribution in [0.1, 0.15) is 37.4 Å². The van der Waals surface area contributed by atoms with E-state index in [9.17, 15) is 0 Å². The first-order chi connectivity index (χ1) is 9.08. The largest absolute Gasteiger partial charge is 0.377 e. The average Bonchev–Trinajstić information content (AvgIpc) is 2.62. The molecular weight excluding hydrogens is 236 g/mol. The number of nitrogens with two attached hydrogens (primary N) is 1. The van der Waals surface area contributed by atoms with Crippen LogP contribution in [-0.4, -0.2) is 36.7 Å². The topological polar surface area (TPSA) is 38.5 Å². The second kappa shape index (κ2) is 6.51. The van der Waals surface area contributed by atoms with Gasteiger partial charge in [0, 0.05) is 31.8 Å². The maximum absolute atomic E-state index is 6.43. The summed E-state index contributed by atoms with van der Waals surface area (Å²) >= 11 is 0. The summed E-state index contributed by atoms with van der Waals surface area (Å²) in [5, 5.41) is 0. The quantitative estimate of drug-likeness (QED) is 0.909. The van der Waals surface area contributed by atoms with Crippen LogP contribution in [0.3, 0.4) is 0 Å². The fraction of sp³-hybridized carbons (Fsp3) is 0.625. The minimum absolute atomic E-state index is 0.0610. The molecule has 3 heteroatoms. The lowest BCUT2D eigenvalue weighted by atomic mass is 9.99. The Labute approximate surface area is 116 Å². The minimum Gasteiger partial charge on any atom is -0.377 e. The summed E-state index contributed by atoms with van der Waals surface area (Å²) in [4.78, 5) is 2.46. The SMILES string of the molecule is Cc1ccc(C(N)C(C)N2CCCOC(C)C2)cc1. The molecule has 1 aliphatic heterocycles. The van der Waals surface area contributed by atoms with E-state index in [4.69, 9.17) is 10.5 Å². The van der Waals surface area contributed by atoms with Crippen LogP contribution in [0, 0.1) is 6.92 Å². The highest BCUT2D eigenvalue weighted by Crippen LogP contribution is 2.21. The van der Waals surface area contributed by atoms with Gasteiger partial charge in [-0.2, -0.15) is 0 Å². The van der Waals surface area contributed by atoms with Crippen molar-refractivity contribution in [2.24, 2.45) is 5.73 Å². The van der Waals surface area contributed by atoms with Crippen LogP contribution >= 0.6 is 0 Å². The fourth-order valence-electron chi connectivity index (χ4n) is 2.69. The van der Waals surface area contributed by atoms with Gasteiger partial charge in [-0.15, -0.1) is 0 Å². The molecule has 106 valence electrons. The van der Waals surface area contributed by atoms with E-state index in [1.165, 1.54) is 11.1 Å². The first-order valence-corrected chi connectivity index (χ1v) is 7.25. The summed E-state index contributed by atoms with van der Waals surface area (Å²) in [7, 11) is 0. The maximum atomic E-state index is 6.43. The minimum atomic E-state index is 0.0610. The standard InChI is InChI=1S/C16H26N2O/c1-12-5-7-15(8-6-12)16(17)14(3)18-9-4-10-19-13(2)11-18/h5-8,13-14,16H,4,9-11,17H2,1-3H3. The summed E-state index contributed by atoms with van der Waals surface area (Å²) in [6.07, 6.45) is 1.39. The van der Waals surface area contributed by atoms with E-state index in [0.29, 0.717) is 12.1 Å². The zero-order valence-electron chi connectivity index (χ0n) is 12.3. The van der Waals surface area contributed by atoms with Crippen LogP contribution in [-0.2, 0) is 4.74 Å². The third-order valence-electron chi connectivity index (χ3n) is 4.04. The lowest BCUT2D eigenvalue weighted by molar-refractivity contribution is 0.0597. The Morgan fingerprint density at radius 2 is 2.00 bits per heavy atom. The molecule has 1 saturated heterocycles. The Morgan fingerprint density at radius 3 is 2.68 bits per heavy atom. The molecule has 19 heavy (non-hydrogen) atoms. The number of ether oxygens (including phenoxy) is 1. The number of rotatable bonds is 3. The molecule has 3 unspecified atom stereocenters. The van der Waals surface area contributed by atoms with E-state index < -0.39 is 0 Å². The second-order valence-corrected chi connectivity index (χ2v) is 5.71. The van der Waals surface area contributed by atoms with Crippen LogP contribution in [0.25, 0.3) is 0 Å². The first-order valence-electron chi connectivity index (χ1n) is 7.25. The van der Waals surface area contributed by atoms with Crippen molar-refractivity contribution < 1.29 is 4.74 Å². The molecule has 3 nitrogen and oxygen atoms in total. The van der Waals surface area contributed by atoms with Crippen molar-refractivity contribution in [1.29, 1.82) is 0 Å². The highest BCUT2D eigenvalue weighted by molar-refractivity contribution is 5.24. The number of benzene rings is 1. The number of aryl methyl sites for hydroxylation is 1. The Bertz CT molecular complexity index is 390. The second-order valence-electron chi connectivity index (χ2n) is 5.71. The van der Waals surface area contributed by atoms with Crippen molar-refractivity contribution in [3.8, 4) is 0 Å².